The van der Waals surface area contributed by atoms with Gasteiger partial charge in [0.15, 0.2) is 0 Å². The summed E-state index contributed by atoms with van der Waals surface area (Å²) < 4.78 is 5.53. The Bertz CT molecular complexity index is 355. The van der Waals surface area contributed by atoms with Crippen molar-refractivity contribution in [1.82, 2.24) is 5.32 Å². The molecule has 19 heavy (non-hydrogen) atoms. The van der Waals surface area contributed by atoms with Gasteiger partial charge in [0, 0.05) is 18.4 Å². The van der Waals surface area contributed by atoms with E-state index in [9.17, 15) is 4.79 Å². The van der Waals surface area contributed by atoms with Crippen molar-refractivity contribution >= 4 is 5.97 Å². The summed E-state index contributed by atoms with van der Waals surface area (Å²) in [6.07, 6.45) is 3.68. The topological polar surface area (TPSA) is 87.1 Å². The van der Waals surface area contributed by atoms with E-state index in [1.807, 2.05) is 6.92 Å². The molecule has 1 rings (SSSR count). The van der Waals surface area contributed by atoms with Crippen LogP contribution in [0.2, 0.25) is 0 Å². The van der Waals surface area contributed by atoms with Gasteiger partial charge >= 0.3 is 5.97 Å². The first-order valence-corrected chi connectivity index (χ1v) is 6.95. The van der Waals surface area contributed by atoms with Gasteiger partial charge in [-0.25, -0.2) is 0 Å². The number of azide groups is 1. The monoisotopic (exact) mass is 268 g/mol. The summed E-state index contributed by atoms with van der Waals surface area (Å²) in [4.78, 5) is 14.2. The predicted molar refractivity (Wildman–Crippen MR) is 73.6 cm³/mol. The zero-order valence-corrected chi connectivity index (χ0v) is 12.1. The number of carbonyl (C=O) groups excluding carboxylic acids is 1. The maximum Gasteiger partial charge on any atom is 0.303 e. The molecule has 0 saturated carbocycles. The van der Waals surface area contributed by atoms with Gasteiger partial charge < -0.3 is 10.1 Å². The molecule has 0 radical (unpaired) electrons. The van der Waals surface area contributed by atoms with Gasteiger partial charge in [0.25, 0.3) is 0 Å². The lowest BCUT2D eigenvalue weighted by molar-refractivity contribution is -0.157. The van der Waals surface area contributed by atoms with Crippen LogP contribution in [0.5, 0.6) is 0 Å². The Balaban J connectivity index is 2.69. The molecule has 0 aromatic carbocycles. The summed E-state index contributed by atoms with van der Waals surface area (Å²) in [7, 11) is 0. The average Bonchev–Trinajstić information content (AvgIpc) is 2.73. The fourth-order valence-corrected chi connectivity index (χ4v) is 2.78. The molecule has 1 N–H and O–H groups in total. The average molecular weight is 268 g/mol. The van der Waals surface area contributed by atoms with Gasteiger partial charge in [0.05, 0.1) is 6.04 Å². The number of esters is 1. The van der Waals surface area contributed by atoms with Gasteiger partial charge in [0.1, 0.15) is 5.60 Å². The maximum atomic E-state index is 11.3. The summed E-state index contributed by atoms with van der Waals surface area (Å²) in [6, 6.07) is -0.0403. The third-order valence-electron chi connectivity index (χ3n) is 3.65. The second-order valence-electron chi connectivity index (χ2n) is 5.54. The van der Waals surface area contributed by atoms with Crippen molar-refractivity contribution in [1.29, 1.82) is 0 Å². The molecule has 1 aliphatic heterocycles. The molecule has 0 amide bonds. The number of carbonyl (C=O) groups is 1. The number of rotatable bonds is 7. The molecule has 0 spiro atoms. The molecule has 1 saturated heterocycles. The molecule has 0 aromatic heterocycles. The molecule has 1 fully saturated rings. The minimum Gasteiger partial charge on any atom is -0.460 e. The van der Waals surface area contributed by atoms with Crippen molar-refractivity contribution in [3.63, 3.8) is 0 Å². The van der Waals surface area contributed by atoms with Crippen LogP contribution in [0.4, 0.5) is 0 Å². The van der Waals surface area contributed by atoms with E-state index < -0.39 is 5.60 Å². The van der Waals surface area contributed by atoms with E-state index in [0.717, 1.165) is 32.2 Å². The van der Waals surface area contributed by atoms with Crippen LogP contribution in [0.3, 0.4) is 0 Å². The van der Waals surface area contributed by atoms with E-state index in [1.54, 1.807) is 0 Å². The zero-order valence-electron chi connectivity index (χ0n) is 12.1. The lowest BCUT2D eigenvalue weighted by atomic mass is 9.85. The number of nitrogens with zero attached hydrogens (tertiary/aromatic N) is 3. The fraction of sp³-hybridized carbons (Fsp3) is 0.923. The van der Waals surface area contributed by atoms with E-state index in [-0.39, 0.29) is 17.9 Å². The Morgan fingerprint density at radius 3 is 2.89 bits per heavy atom. The number of hydrogen-bond donors (Lipinski definition) is 1. The van der Waals surface area contributed by atoms with Crippen LogP contribution in [-0.2, 0) is 9.53 Å². The molecule has 3 unspecified atom stereocenters. The Kier molecular flexibility index (Phi) is 6.12. The van der Waals surface area contributed by atoms with Gasteiger partial charge in [-0.15, -0.1) is 0 Å². The van der Waals surface area contributed by atoms with E-state index in [4.69, 9.17) is 10.3 Å². The first kappa shape index (κ1) is 15.8. The fourth-order valence-electron chi connectivity index (χ4n) is 2.78. The van der Waals surface area contributed by atoms with Crippen LogP contribution < -0.4 is 5.32 Å². The van der Waals surface area contributed by atoms with Gasteiger partial charge in [0.2, 0.25) is 0 Å². The van der Waals surface area contributed by atoms with E-state index in [2.05, 4.69) is 22.3 Å². The molecular formula is C13H24N4O2. The van der Waals surface area contributed by atoms with E-state index in [1.165, 1.54) is 6.92 Å². The Labute approximate surface area is 114 Å². The summed E-state index contributed by atoms with van der Waals surface area (Å²) in [5, 5.41) is 7.06. The highest BCUT2D eigenvalue weighted by molar-refractivity contribution is 5.66. The zero-order chi connectivity index (χ0) is 14.3. The second-order valence-corrected chi connectivity index (χ2v) is 5.54. The molecule has 0 bridgehead atoms. The van der Waals surface area contributed by atoms with Crippen LogP contribution >= 0.6 is 0 Å². The van der Waals surface area contributed by atoms with Crippen molar-refractivity contribution in [2.45, 2.75) is 58.1 Å². The van der Waals surface area contributed by atoms with Crippen LogP contribution in [0.25, 0.3) is 10.4 Å². The van der Waals surface area contributed by atoms with Crippen molar-refractivity contribution in [3.05, 3.63) is 10.4 Å². The molecule has 0 aliphatic carbocycles. The van der Waals surface area contributed by atoms with Gasteiger partial charge in [-0.1, -0.05) is 18.5 Å². The Morgan fingerprint density at radius 1 is 1.58 bits per heavy atom. The second kappa shape index (κ2) is 7.36. The first-order valence-electron chi connectivity index (χ1n) is 6.95. The van der Waals surface area contributed by atoms with Crippen molar-refractivity contribution in [3.8, 4) is 0 Å². The van der Waals surface area contributed by atoms with E-state index in [0.29, 0.717) is 6.54 Å². The number of unbranched alkanes of at least 4 members (excludes halogenated alkanes) is 1. The highest BCUT2D eigenvalue weighted by Gasteiger charge is 2.36. The number of hydrogen-bond acceptors (Lipinski definition) is 4. The van der Waals surface area contributed by atoms with E-state index >= 15 is 0 Å². The highest BCUT2D eigenvalue weighted by Crippen LogP contribution is 2.31. The van der Waals surface area contributed by atoms with Gasteiger partial charge in [-0.2, -0.15) is 0 Å². The largest absolute Gasteiger partial charge is 0.460 e. The van der Waals surface area contributed by atoms with Gasteiger partial charge in [-0.3, -0.25) is 4.79 Å². The maximum absolute atomic E-state index is 11.3. The van der Waals surface area contributed by atoms with Crippen LogP contribution in [0, 0.1) is 5.92 Å². The molecule has 108 valence electrons. The number of nitrogens with one attached hydrogen (secondary N) is 1. The smallest absolute Gasteiger partial charge is 0.303 e. The highest BCUT2D eigenvalue weighted by atomic mass is 16.6. The Morgan fingerprint density at radius 2 is 2.32 bits per heavy atom. The minimum atomic E-state index is -0.457. The Hall–Kier alpha value is -1.26. The summed E-state index contributed by atoms with van der Waals surface area (Å²) in [5.41, 5.74) is 8.12. The summed E-state index contributed by atoms with van der Waals surface area (Å²) in [6.45, 7) is 7.07. The van der Waals surface area contributed by atoms with Crippen LogP contribution in [0.15, 0.2) is 5.11 Å². The van der Waals surface area contributed by atoms with Crippen molar-refractivity contribution in [2.75, 3.05) is 13.1 Å². The normalized spacial score (nSPS) is 25.4. The van der Waals surface area contributed by atoms with Crippen molar-refractivity contribution < 1.29 is 9.53 Å². The van der Waals surface area contributed by atoms with Crippen LogP contribution in [-0.4, -0.2) is 30.7 Å². The third kappa shape index (κ3) is 5.09. The quantitative estimate of drug-likeness (QED) is 0.333. The number of ether oxygens (including phenoxy) is 1. The predicted octanol–water partition coefficient (Wildman–Crippen LogP) is 2.79. The standard InChI is InChI=1S/C13H24N4O2/c1-4-5-6-13(3,19-10(2)18)7-11-8-15-9-12(11)16-17-14/h11-12,15H,4-9H2,1-3H3. The van der Waals surface area contributed by atoms with Gasteiger partial charge in [-0.05, 0) is 44.2 Å². The SMILES string of the molecule is CCCCC(C)(CC1CNCC1N=[N+]=[N-])OC(C)=O. The molecule has 1 heterocycles. The molecule has 0 aromatic rings. The molecule has 6 nitrogen and oxygen atoms in total. The first-order chi connectivity index (χ1) is 9.00. The lowest BCUT2D eigenvalue weighted by Crippen LogP contribution is -2.36. The van der Waals surface area contributed by atoms with Crippen molar-refractivity contribution in [2.24, 2.45) is 11.0 Å². The minimum absolute atomic E-state index is 0.0403. The third-order valence-corrected chi connectivity index (χ3v) is 3.65. The molecule has 1 aliphatic rings. The molecular weight excluding hydrogens is 244 g/mol. The summed E-state index contributed by atoms with van der Waals surface area (Å²) >= 11 is 0. The van der Waals surface area contributed by atoms with Crippen LogP contribution in [0.1, 0.15) is 46.5 Å². The molecule has 6 heteroatoms. The summed E-state index contributed by atoms with van der Waals surface area (Å²) in [5.74, 6) is -0.0120. The lowest BCUT2D eigenvalue weighted by Gasteiger charge is -2.32. The molecule has 3 atom stereocenters.